The van der Waals surface area contributed by atoms with Crippen molar-refractivity contribution in [2.75, 3.05) is 0 Å². The van der Waals surface area contributed by atoms with Crippen LogP contribution in [0.5, 0.6) is 0 Å². The van der Waals surface area contributed by atoms with E-state index in [2.05, 4.69) is 33.2 Å². The van der Waals surface area contributed by atoms with E-state index in [4.69, 9.17) is 0 Å². The molecule has 0 amide bonds. The lowest BCUT2D eigenvalue weighted by Gasteiger charge is -2.02. The van der Waals surface area contributed by atoms with Gasteiger partial charge in [-0.2, -0.15) is 0 Å². The van der Waals surface area contributed by atoms with Gasteiger partial charge in [0.05, 0.1) is 11.4 Å². The molecule has 1 fully saturated rings. The van der Waals surface area contributed by atoms with E-state index in [9.17, 15) is 0 Å². The van der Waals surface area contributed by atoms with Gasteiger partial charge >= 0.3 is 0 Å². The fourth-order valence-electron chi connectivity index (χ4n) is 1.68. The number of aryl methyl sites for hydroxylation is 1. The molecule has 4 heteroatoms. The van der Waals surface area contributed by atoms with Crippen LogP contribution in [-0.4, -0.2) is 15.4 Å². The first-order chi connectivity index (χ1) is 6.84. The Bertz CT molecular complexity index is 453. The summed E-state index contributed by atoms with van der Waals surface area (Å²) >= 11 is 1.70. The topological polar surface area (TPSA) is 29.3 Å². The van der Waals surface area contributed by atoms with Crippen LogP contribution in [0.3, 0.4) is 0 Å². The van der Waals surface area contributed by atoms with Crippen LogP contribution in [0.15, 0.2) is 11.6 Å². The minimum Gasteiger partial charge on any atom is -0.308 e. The van der Waals surface area contributed by atoms with E-state index < -0.39 is 0 Å². The number of fused-ring (bicyclic) bond motifs is 1. The monoisotopic (exact) mass is 207 g/mol. The molecule has 0 radical (unpaired) electrons. The highest BCUT2D eigenvalue weighted by molar-refractivity contribution is 7.15. The predicted molar refractivity (Wildman–Crippen MR) is 57.7 cm³/mol. The molecule has 2 aromatic rings. The SMILES string of the molecule is Cc1nc2sccn2c1CNC1CC1. The van der Waals surface area contributed by atoms with Crippen molar-refractivity contribution in [3.63, 3.8) is 0 Å². The number of hydrogen-bond acceptors (Lipinski definition) is 3. The summed E-state index contributed by atoms with van der Waals surface area (Å²) in [5.41, 5.74) is 2.47. The van der Waals surface area contributed by atoms with Gasteiger partial charge < -0.3 is 5.32 Å². The molecule has 3 nitrogen and oxygen atoms in total. The van der Waals surface area contributed by atoms with Crippen molar-refractivity contribution in [2.45, 2.75) is 32.4 Å². The summed E-state index contributed by atoms with van der Waals surface area (Å²) in [6.45, 7) is 3.04. The van der Waals surface area contributed by atoms with Gasteiger partial charge in [0.2, 0.25) is 0 Å². The highest BCUT2D eigenvalue weighted by Gasteiger charge is 2.21. The molecule has 1 N–H and O–H groups in total. The van der Waals surface area contributed by atoms with Crippen molar-refractivity contribution < 1.29 is 0 Å². The maximum atomic E-state index is 4.51. The fourth-order valence-corrected chi connectivity index (χ4v) is 2.46. The summed E-state index contributed by atoms with van der Waals surface area (Å²) in [6.07, 6.45) is 4.78. The second-order valence-corrected chi connectivity index (χ2v) is 4.73. The lowest BCUT2D eigenvalue weighted by Crippen LogP contribution is -2.17. The number of nitrogens with one attached hydrogen (secondary N) is 1. The van der Waals surface area contributed by atoms with E-state index in [0.717, 1.165) is 23.2 Å². The Hall–Kier alpha value is -0.870. The average Bonchev–Trinajstić information content (AvgIpc) is 2.79. The summed E-state index contributed by atoms with van der Waals surface area (Å²) in [5.74, 6) is 0. The molecule has 1 saturated carbocycles. The molecule has 0 bridgehead atoms. The molecule has 1 aliphatic rings. The first-order valence-electron chi connectivity index (χ1n) is 4.99. The molecule has 0 atom stereocenters. The van der Waals surface area contributed by atoms with Gasteiger partial charge in [-0.25, -0.2) is 4.98 Å². The number of nitrogens with zero attached hydrogens (tertiary/aromatic N) is 2. The van der Waals surface area contributed by atoms with Gasteiger partial charge in [0.1, 0.15) is 0 Å². The van der Waals surface area contributed by atoms with Crippen LogP contribution in [-0.2, 0) is 6.54 Å². The fraction of sp³-hybridized carbons (Fsp3) is 0.500. The summed E-state index contributed by atoms with van der Waals surface area (Å²) in [5, 5.41) is 5.61. The number of rotatable bonds is 3. The standard InChI is InChI=1S/C10H13N3S/c1-7-9(6-11-8-2-3-8)13-4-5-14-10(13)12-7/h4-5,8,11H,2-3,6H2,1H3. The summed E-state index contributed by atoms with van der Waals surface area (Å²) < 4.78 is 2.19. The third-order valence-electron chi connectivity index (χ3n) is 2.70. The predicted octanol–water partition coefficient (Wildman–Crippen LogP) is 1.96. The highest BCUT2D eigenvalue weighted by atomic mass is 32.1. The normalized spacial score (nSPS) is 16.6. The van der Waals surface area contributed by atoms with Gasteiger partial charge in [-0.1, -0.05) is 0 Å². The van der Waals surface area contributed by atoms with Crippen LogP contribution in [0.25, 0.3) is 4.96 Å². The van der Waals surface area contributed by atoms with Gasteiger partial charge in [-0.3, -0.25) is 4.40 Å². The second kappa shape index (κ2) is 3.07. The van der Waals surface area contributed by atoms with Crippen LogP contribution < -0.4 is 5.32 Å². The first kappa shape index (κ1) is 8.44. The average molecular weight is 207 g/mol. The quantitative estimate of drug-likeness (QED) is 0.833. The van der Waals surface area contributed by atoms with Crippen molar-refractivity contribution in [3.05, 3.63) is 23.0 Å². The maximum absolute atomic E-state index is 4.51. The Morgan fingerprint density at radius 1 is 1.64 bits per heavy atom. The van der Waals surface area contributed by atoms with E-state index in [1.165, 1.54) is 18.5 Å². The molecule has 3 rings (SSSR count). The summed E-state index contributed by atoms with van der Waals surface area (Å²) in [7, 11) is 0. The third-order valence-corrected chi connectivity index (χ3v) is 3.45. The van der Waals surface area contributed by atoms with Crippen LogP contribution in [0, 0.1) is 6.92 Å². The lowest BCUT2D eigenvalue weighted by atomic mass is 10.3. The molecule has 14 heavy (non-hydrogen) atoms. The maximum Gasteiger partial charge on any atom is 0.194 e. The van der Waals surface area contributed by atoms with E-state index >= 15 is 0 Å². The third kappa shape index (κ3) is 1.35. The van der Waals surface area contributed by atoms with Crippen LogP contribution in [0.2, 0.25) is 0 Å². The van der Waals surface area contributed by atoms with Gasteiger partial charge in [0.25, 0.3) is 0 Å². The van der Waals surface area contributed by atoms with Crippen molar-refractivity contribution in [1.29, 1.82) is 0 Å². The zero-order valence-electron chi connectivity index (χ0n) is 8.16. The smallest absolute Gasteiger partial charge is 0.194 e. The molecule has 0 aliphatic heterocycles. The first-order valence-corrected chi connectivity index (χ1v) is 5.87. The van der Waals surface area contributed by atoms with E-state index in [-0.39, 0.29) is 0 Å². The van der Waals surface area contributed by atoms with Crippen molar-refractivity contribution in [2.24, 2.45) is 0 Å². The zero-order chi connectivity index (χ0) is 9.54. The minimum absolute atomic E-state index is 0.763. The number of imidazole rings is 1. The van der Waals surface area contributed by atoms with Gasteiger partial charge in [0, 0.05) is 24.2 Å². The second-order valence-electron chi connectivity index (χ2n) is 3.85. The molecule has 0 aromatic carbocycles. The Morgan fingerprint density at radius 2 is 2.50 bits per heavy atom. The van der Waals surface area contributed by atoms with Gasteiger partial charge in [-0.15, -0.1) is 11.3 Å². The number of hydrogen-bond donors (Lipinski definition) is 1. The van der Waals surface area contributed by atoms with Crippen molar-refractivity contribution >= 4 is 16.3 Å². The summed E-state index contributed by atoms with van der Waals surface area (Å²) in [4.78, 5) is 5.62. The Morgan fingerprint density at radius 3 is 3.29 bits per heavy atom. The number of aromatic nitrogens is 2. The largest absolute Gasteiger partial charge is 0.308 e. The molecule has 0 spiro atoms. The van der Waals surface area contributed by atoms with Gasteiger partial charge in [-0.05, 0) is 19.8 Å². The zero-order valence-corrected chi connectivity index (χ0v) is 8.97. The molecule has 2 aromatic heterocycles. The van der Waals surface area contributed by atoms with Crippen molar-refractivity contribution in [3.8, 4) is 0 Å². The summed E-state index contributed by atoms with van der Waals surface area (Å²) in [6, 6.07) is 0.763. The Labute approximate surface area is 86.8 Å². The van der Waals surface area contributed by atoms with Crippen molar-refractivity contribution in [1.82, 2.24) is 14.7 Å². The Balaban J connectivity index is 1.91. The molecule has 2 heterocycles. The van der Waals surface area contributed by atoms with Crippen LogP contribution in [0.4, 0.5) is 0 Å². The minimum atomic E-state index is 0.763. The van der Waals surface area contributed by atoms with E-state index in [0.29, 0.717) is 0 Å². The highest BCUT2D eigenvalue weighted by Crippen LogP contribution is 2.21. The number of thiazole rings is 1. The molecule has 0 unspecified atom stereocenters. The van der Waals surface area contributed by atoms with E-state index in [1.807, 2.05) is 0 Å². The van der Waals surface area contributed by atoms with Gasteiger partial charge in [0.15, 0.2) is 4.96 Å². The molecule has 1 aliphatic carbocycles. The van der Waals surface area contributed by atoms with Crippen LogP contribution >= 0.6 is 11.3 Å². The Kier molecular flexibility index (Phi) is 1.85. The van der Waals surface area contributed by atoms with E-state index in [1.54, 1.807) is 11.3 Å². The molecule has 0 saturated heterocycles. The molecular weight excluding hydrogens is 194 g/mol. The lowest BCUT2D eigenvalue weighted by molar-refractivity contribution is 0.668. The molecule has 74 valence electrons. The van der Waals surface area contributed by atoms with Crippen LogP contribution in [0.1, 0.15) is 24.2 Å². The molecular formula is C10H13N3S.